The number of hydrogen-bond acceptors (Lipinski definition) is 3. The zero-order valence-corrected chi connectivity index (χ0v) is 12.3. The SMILES string of the molecule is O=C(NCCc1ccn(-c2ccc(F)cc2)n1)C1CCNC1. The molecule has 5 nitrogen and oxygen atoms in total. The van der Waals surface area contributed by atoms with Crippen LogP contribution >= 0.6 is 0 Å². The summed E-state index contributed by atoms with van der Waals surface area (Å²) in [6.45, 7) is 2.26. The van der Waals surface area contributed by atoms with Crippen LogP contribution in [0.2, 0.25) is 0 Å². The third-order valence-corrected chi connectivity index (χ3v) is 3.85. The fraction of sp³-hybridized carbons (Fsp3) is 0.375. The summed E-state index contributed by atoms with van der Waals surface area (Å²) in [4.78, 5) is 11.9. The highest BCUT2D eigenvalue weighted by molar-refractivity contribution is 5.79. The molecule has 1 fully saturated rings. The van der Waals surface area contributed by atoms with E-state index in [1.165, 1.54) is 12.1 Å². The normalized spacial score (nSPS) is 17.6. The Morgan fingerprint density at radius 1 is 1.36 bits per heavy atom. The number of aromatic nitrogens is 2. The summed E-state index contributed by atoms with van der Waals surface area (Å²) in [5, 5.41) is 10.6. The third kappa shape index (κ3) is 3.51. The quantitative estimate of drug-likeness (QED) is 0.875. The second-order valence-corrected chi connectivity index (χ2v) is 5.46. The van der Waals surface area contributed by atoms with Gasteiger partial charge in [0.25, 0.3) is 0 Å². The van der Waals surface area contributed by atoms with E-state index in [1.54, 1.807) is 16.8 Å². The molecule has 0 bridgehead atoms. The van der Waals surface area contributed by atoms with Crippen molar-refractivity contribution in [3.63, 3.8) is 0 Å². The Hall–Kier alpha value is -2.21. The van der Waals surface area contributed by atoms with Crippen LogP contribution < -0.4 is 10.6 Å². The summed E-state index contributed by atoms with van der Waals surface area (Å²) in [6, 6.07) is 8.09. The first kappa shape index (κ1) is 14.7. The van der Waals surface area contributed by atoms with Gasteiger partial charge in [-0.1, -0.05) is 0 Å². The van der Waals surface area contributed by atoms with Gasteiger partial charge >= 0.3 is 0 Å². The van der Waals surface area contributed by atoms with Crippen molar-refractivity contribution in [3.8, 4) is 5.69 Å². The van der Waals surface area contributed by atoms with E-state index in [1.807, 2.05) is 12.3 Å². The van der Waals surface area contributed by atoms with E-state index >= 15 is 0 Å². The molecule has 1 aliphatic heterocycles. The molecule has 22 heavy (non-hydrogen) atoms. The lowest BCUT2D eigenvalue weighted by atomic mass is 10.1. The van der Waals surface area contributed by atoms with Crippen molar-refractivity contribution in [1.82, 2.24) is 20.4 Å². The van der Waals surface area contributed by atoms with Gasteiger partial charge in [0.2, 0.25) is 5.91 Å². The first-order chi connectivity index (χ1) is 10.7. The van der Waals surface area contributed by atoms with Crippen molar-refractivity contribution in [1.29, 1.82) is 0 Å². The monoisotopic (exact) mass is 302 g/mol. The van der Waals surface area contributed by atoms with Crippen molar-refractivity contribution >= 4 is 5.91 Å². The van der Waals surface area contributed by atoms with E-state index in [0.717, 1.165) is 30.9 Å². The fourth-order valence-corrected chi connectivity index (χ4v) is 2.57. The Labute approximate surface area is 128 Å². The number of carbonyl (C=O) groups is 1. The van der Waals surface area contributed by atoms with Gasteiger partial charge in [-0.2, -0.15) is 5.10 Å². The van der Waals surface area contributed by atoms with Gasteiger partial charge in [-0.05, 0) is 43.3 Å². The van der Waals surface area contributed by atoms with Gasteiger partial charge in [-0.25, -0.2) is 9.07 Å². The number of benzene rings is 1. The van der Waals surface area contributed by atoms with Gasteiger partial charge in [0.15, 0.2) is 0 Å². The molecule has 116 valence electrons. The molecule has 0 saturated carbocycles. The van der Waals surface area contributed by atoms with Crippen LogP contribution in [0.25, 0.3) is 5.69 Å². The van der Waals surface area contributed by atoms with Crippen molar-refractivity contribution in [3.05, 3.63) is 48.0 Å². The highest BCUT2D eigenvalue weighted by atomic mass is 19.1. The maximum Gasteiger partial charge on any atom is 0.224 e. The molecule has 3 rings (SSSR count). The van der Waals surface area contributed by atoms with Crippen molar-refractivity contribution in [2.45, 2.75) is 12.8 Å². The average Bonchev–Trinajstić information content (AvgIpc) is 3.19. The van der Waals surface area contributed by atoms with Crippen LogP contribution in [-0.4, -0.2) is 35.3 Å². The number of hydrogen-bond donors (Lipinski definition) is 2. The second-order valence-electron chi connectivity index (χ2n) is 5.46. The molecule has 1 atom stereocenters. The van der Waals surface area contributed by atoms with E-state index in [9.17, 15) is 9.18 Å². The molecule has 6 heteroatoms. The first-order valence-electron chi connectivity index (χ1n) is 7.51. The van der Waals surface area contributed by atoms with E-state index in [2.05, 4.69) is 15.7 Å². The summed E-state index contributed by atoms with van der Waals surface area (Å²) in [5.41, 5.74) is 1.71. The Kier molecular flexibility index (Phi) is 4.48. The maximum absolute atomic E-state index is 12.9. The zero-order chi connectivity index (χ0) is 15.4. The molecule has 2 N–H and O–H groups in total. The minimum atomic E-state index is -0.264. The van der Waals surface area contributed by atoms with Crippen LogP contribution in [0.5, 0.6) is 0 Å². The lowest BCUT2D eigenvalue weighted by molar-refractivity contribution is -0.124. The van der Waals surface area contributed by atoms with Crippen molar-refractivity contribution < 1.29 is 9.18 Å². The number of amides is 1. The van der Waals surface area contributed by atoms with E-state index in [-0.39, 0.29) is 17.6 Å². The molecule has 1 aromatic carbocycles. The summed E-state index contributed by atoms with van der Waals surface area (Å²) in [5.74, 6) is -0.0556. The largest absolute Gasteiger partial charge is 0.355 e. The third-order valence-electron chi connectivity index (χ3n) is 3.85. The van der Waals surface area contributed by atoms with Crippen LogP contribution in [0.1, 0.15) is 12.1 Å². The molecule has 0 aliphatic carbocycles. The van der Waals surface area contributed by atoms with E-state index in [0.29, 0.717) is 13.0 Å². The van der Waals surface area contributed by atoms with Crippen LogP contribution in [0.4, 0.5) is 4.39 Å². The van der Waals surface area contributed by atoms with E-state index in [4.69, 9.17) is 0 Å². The van der Waals surface area contributed by atoms with E-state index < -0.39 is 0 Å². The van der Waals surface area contributed by atoms with Gasteiger partial charge in [0.1, 0.15) is 5.82 Å². The summed E-state index contributed by atoms with van der Waals surface area (Å²) < 4.78 is 14.6. The summed E-state index contributed by atoms with van der Waals surface area (Å²) >= 11 is 0. The number of rotatable bonds is 5. The number of nitrogens with zero attached hydrogens (tertiary/aromatic N) is 2. The topological polar surface area (TPSA) is 59.0 Å². The highest BCUT2D eigenvalue weighted by Crippen LogP contribution is 2.10. The predicted molar refractivity (Wildman–Crippen MR) is 81.2 cm³/mol. The molecule has 1 aliphatic rings. The number of halogens is 1. The van der Waals surface area contributed by atoms with Gasteiger partial charge < -0.3 is 10.6 Å². The highest BCUT2D eigenvalue weighted by Gasteiger charge is 2.21. The summed E-state index contributed by atoms with van der Waals surface area (Å²) in [6.07, 6.45) is 3.43. The molecular weight excluding hydrogens is 283 g/mol. The molecule has 2 aromatic rings. The van der Waals surface area contributed by atoms with Crippen molar-refractivity contribution in [2.24, 2.45) is 5.92 Å². The Morgan fingerprint density at radius 3 is 2.91 bits per heavy atom. The molecule has 2 heterocycles. The molecule has 0 radical (unpaired) electrons. The van der Waals surface area contributed by atoms with Gasteiger partial charge in [0, 0.05) is 25.7 Å². The van der Waals surface area contributed by atoms with Crippen LogP contribution in [0.15, 0.2) is 36.5 Å². The molecule has 1 aromatic heterocycles. The molecule has 1 amide bonds. The van der Waals surface area contributed by atoms with Gasteiger partial charge in [0.05, 0.1) is 17.3 Å². The molecular formula is C16H19FN4O. The van der Waals surface area contributed by atoms with Gasteiger partial charge in [-0.3, -0.25) is 4.79 Å². The number of carbonyl (C=O) groups excluding carboxylic acids is 1. The smallest absolute Gasteiger partial charge is 0.224 e. The fourth-order valence-electron chi connectivity index (χ4n) is 2.57. The molecule has 1 saturated heterocycles. The first-order valence-corrected chi connectivity index (χ1v) is 7.51. The minimum absolute atomic E-state index is 0.0942. The lowest BCUT2D eigenvalue weighted by Gasteiger charge is -2.08. The zero-order valence-electron chi connectivity index (χ0n) is 12.3. The van der Waals surface area contributed by atoms with Crippen molar-refractivity contribution in [2.75, 3.05) is 19.6 Å². The van der Waals surface area contributed by atoms with Crippen LogP contribution in [0, 0.1) is 11.7 Å². The Bertz CT molecular complexity index is 632. The van der Waals surface area contributed by atoms with Gasteiger partial charge in [-0.15, -0.1) is 0 Å². The predicted octanol–water partition coefficient (Wildman–Crippen LogP) is 1.28. The molecule has 1 unspecified atom stereocenters. The maximum atomic E-state index is 12.9. The average molecular weight is 302 g/mol. The minimum Gasteiger partial charge on any atom is -0.355 e. The lowest BCUT2D eigenvalue weighted by Crippen LogP contribution is -2.33. The number of nitrogens with one attached hydrogen (secondary N) is 2. The Balaban J connectivity index is 1.51. The van der Waals surface area contributed by atoms with Crippen LogP contribution in [0.3, 0.4) is 0 Å². The Morgan fingerprint density at radius 2 is 2.18 bits per heavy atom. The van der Waals surface area contributed by atoms with Crippen LogP contribution in [-0.2, 0) is 11.2 Å². The standard InChI is InChI=1S/C16H19FN4O/c17-13-1-3-15(4-2-13)21-10-7-14(20-21)6-9-19-16(22)12-5-8-18-11-12/h1-4,7,10,12,18H,5-6,8-9,11H2,(H,19,22). The summed E-state index contributed by atoms with van der Waals surface area (Å²) in [7, 11) is 0. The second kappa shape index (κ2) is 6.70. The molecule has 0 spiro atoms.